The van der Waals surface area contributed by atoms with Crippen molar-refractivity contribution in [3.8, 4) is 0 Å². The molecule has 1 rings (SSSR count). The summed E-state index contributed by atoms with van der Waals surface area (Å²) >= 11 is 0. The lowest BCUT2D eigenvalue weighted by Crippen LogP contribution is -2.39. The zero-order valence-electron chi connectivity index (χ0n) is 8.12. The average molecular weight is 219 g/mol. The fourth-order valence-electron chi connectivity index (χ4n) is 1.33. The number of aryl methyl sites for hydroxylation is 1. The highest BCUT2D eigenvalue weighted by atomic mass is 19.4. The number of benzene rings is 1. The molecule has 0 aliphatic heterocycles. The van der Waals surface area contributed by atoms with Crippen molar-refractivity contribution in [1.29, 1.82) is 0 Å². The Morgan fingerprint density at radius 2 is 1.80 bits per heavy atom. The van der Waals surface area contributed by atoms with Gasteiger partial charge in [-0.1, -0.05) is 24.3 Å². The molecule has 84 valence electrons. The van der Waals surface area contributed by atoms with Crippen molar-refractivity contribution in [3.05, 3.63) is 35.4 Å². The number of hydrogen-bond donors (Lipinski definition) is 2. The molecule has 2 nitrogen and oxygen atoms in total. The molecule has 0 bridgehead atoms. The van der Waals surface area contributed by atoms with Crippen LogP contribution in [-0.4, -0.2) is 17.4 Å². The topological polar surface area (TPSA) is 46.2 Å². The van der Waals surface area contributed by atoms with Crippen LogP contribution in [0, 0.1) is 6.92 Å². The van der Waals surface area contributed by atoms with Gasteiger partial charge in [0, 0.05) is 0 Å². The minimum absolute atomic E-state index is 0.308. The predicted octanol–water partition coefficient (Wildman–Crippen LogP) is 1.92. The largest absolute Gasteiger partial charge is 0.416 e. The number of nitrogens with two attached hydrogens (primary N) is 1. The molecule has 5 heteroatoms. The standard InChI is InChI=1S/C10H12F3NO/c1-6-4-2-3-5-7(6)8(14)9(15)10(11,12)13/h2-5,8-9,15H,14H2,1H3/t8-,9-/m1/s1. The van der Waals surface area contributed by atoms with E-state index in [2.05, 4.69) is 0 Å². The van der Waals surface area contributed by atoms with Gasteiger partial charge in [0.1, 0.15) is 0 Å². The van der Waals surface area contributed by atoms with Crippen molar-refractivity contribution in [2.75, 3.05) is 0 Å². The van der Waals surface area contributed by atoms with Gasteiger partial charge in [0.15, 0.2) is 6.10 Å². The van der Waals surface area contributed by atoms with Crippen LogP contribution in [-0.2, 0) is 0 Å². The first-order valence-corrected chi connectivity index (χ1v) is 4.40. The van der Waals surface area contributed by atoms with Gasteiger partial charge >= 0.3 is 6.18 Å². The molecular weight excluding hydrogens is 207 g/mol. The summed E-state index contributed by atoms with van der Waals surface area (Å²) in [4.78, 5) is 0. The van der Waals surface area contributed by atoms with Crippen LogP contribution < -0.4 is 5.73 Å². The van der Waals surface area contributed by atoms with Gasteiger partial charge in [-0.15, -0.1) is 0 Å². The average Bonchev–Trinajstić information content (AvgIpc) is 2.15. The van der Waals surface area contributed by atoms with Crippen molar-refractivity contribution in [3.63, 3.8) is 0 Å². The van der Waals surface area contributed by atoms with Gasteiger partial charge in [-0.05, 0) is 18.1 Å². The van der Waals surface area contributed by atoms with E-state index in [1.807, 2.05) is 0 Å². The molecule has 0 saturated heterocycles. The maximum absolute atomic E-state index is 12.2. The number of alkyl halides is 3. The Morgan fingerprint density at radius 3 is 2.27 bits per heavy atom. The van der Waals surface area contributed by atoms with E-state index in [1.54, 1.807) is 25.1 Å². The second-order valence-corrected chi connectivity index (χ2v) is 3.37. The van der Waals surface area contributed by atoms with Gasteiger partial charge in [0.2, 0.25) is 0 Å². The minimum atomic E-state index is -4.69. The van der Waals surface area contributed by atoms with E-state index in [9.17, 15) is 13.2 Å². The predicted molar refractivity (Wildman–Crippen MR) is 50.2 cm³/mol. The third-order valence-electron chi connectivity index (χ3n) is 2.22. The van der Waals surface area contributed by atoms with Crippen LogP contribution in [0.4, 0.5) is 13.2 Å². The normalized spacial score (nSPS) is 16.1. The first-order chi connectivity index (χ1) is 6.84. The molecule has 0 spiro atoms. The monoisotopic (exact) mass is 219 g/mol. The van der Waals surface area contributed by atoms with Crippen LogP contribution in [0.25, 0.3) is 0 Å². The molecule has 0 aliphatic rings. The third kappa shape index (κ3) is 2.70. The smallest absolute Gasteiger partial charge is 0.382 e. The van der Waals surface area contributed by atoms with Gasteiger partial charge in [-0.2, -0.15) is 13.2 Å². The fourth-order valence-corrected chi connectivity index (χ4v) is 1.33. The highest BCUT2D eigenvalue weighted by Crippen LogP contribution is 2.29. The summed E-state index contributed by atoms with van der Waals surface area (Å²) in [6.45, 7) is 1.65. The van der Waals surface area contributed by atoms with E-state index in [-0.39, 0.29) is 0 Å². The zero-order chi connectivity index (χ0) is 11.6. The van der Waals surface area contributed by atoms with Gasteiger partial charge < -0.3 is 10.8 Å². The Hall–Kier alpha value is -1.07. The molecule has 0 heterocycles. The van der Waals surface area contributed by atoms with Crippen LogP contribution in [0.15, 0.2) is 24.3 Å². The third-order valence-corrected chi connectivity index (χ3v) is 2.22. The first kappa shape index (κ1) is 12.0. The first-order valence-electron chi connectivity index (χ1n) is 4.40. The maximum Gasteiger partial charge on any atom is 0.416 e. The highest BCUT2D eigenvalue weighted by Gasteiger charge is 2.42. The number of rotatable bonds is 2. The van der Waals surface area contributed by atoms with Crippen LogP contribution in [0.1, 0.15) is 17.2 Å². The molecule has 2 atom stereocenters. The lowest BCUT2D eigenvalue weighted by Gasteiger charge is -2.22. The van der Waals surface area contributed by atoms with Crippen molar-refractivity contribution in [2.45, 2.75) is 25.2 Å². The van der Waals surface area contributed by atoms with Gasteiger partial charge in [-0.25, -0.2) is 0 Å². The molecule has 0 unspecified atom stereocenters. The summed E-state index contributed by atoms with van der Waals surface area (Å²) in [6.07, 6.45) is -7.22. The van der Waals surface area contributed by atoms with Gasteiger partial charge in [-0.3, -0.25) is 0 Å². The van der Waals surface area contributed by atoms with Crippen LogP contribution in [0.5, 0.6) is 0 Å². The summed E-state index contributed by atoms with van der Waals surface area (Å²) < 4.78 is 36.6. The fraction of sp³-hybridized carbons (Fsp3) is 0.400. The number of aliphatic hydroxyl groups excluding tert-OH is 1. The van der Waals surface area contributed by atoms with Crippen LogP contribution in [0.3, 0.4) is 0 Å². The molecule has 1 aromatic carbocycles. The van der Waals surface area contributed by atoms with Crippen LogP contribution >= 0.6 is 0 Å². The van der Waals surface area contributed by atoms with Crippen molar-refractivity contribution in [1.82, 2.24) is 0 Å². The molecule has 1 aromatic rings. The van der Waals surface area contributed by atoms with E-state index >= 15 is 0 Å². The summed E-state index contributed by atoms with van der Waals surface area (Å²) in [5.41, 5.74) is 6.30. The summed E-state index contributed by atoms with van der Waals surface area (Å²) in [5, 5.41) is 8.98. The van der Waals surface area contributed by atoms with E-state index in [0.29, 0.717) is 11.1 Å². The van der Waals surface area contributed by atoms with Crippen molar-refractivity contribution < 1.29 is 18.3 Å². The zero-order valence-corrected chi connectivity index (χ0v) is 8.12. The molecule has 0 radical (unpaired) electrons. The SMILES string of the molecule is Cc1ccccc1[C@@H](N)[C@@H](O)C(F)(F)F. The van der Waals surface area contributed by atoms with Gasteiger partial charge in [0.05, 0.1) is 6.04 Å². The molecule has 3 N–H and O–H groups in total. The second-order valence-electron chi connectivity index (χ2n) is 3.37. The number of aliphatic hydroxyl groups is 1. The molecule has 0 aliphatic carbocycles. The Balaban J connectivity index is 2.95. The van der Waals surface area contributed by atoms with Crippen LogP contribution in [0.2, 0.25) is 0 Å². The van der Waals surface area contributed by atoms with Crippen molar-refractivity contribution >= 4 is 0 Å². The second kappa shape index (κ2) is 4.20. The Bertz CT molecular complexity index is 338. The van der Waals surface area contributed by atoms with E-state index < -0.39 is 18.3 Å². The highest BCUT2D eigenvalue weighted by molar-refractivity contribution is 5.29. The molecule has 0 fully saturated rings. The molecule has 0 saturated carbocycles. The molecule has 15 heavy (non-hydrogen) atoms. The quantitative estimate of drug-likeness (QED) is 0.798. The Labute approximate surface area is 85.5 Å². The maximum atomic E-state index is 12.2. The summed E-state index contributed by atoms with van der Waals surface area (Å²) in [6, 6.07) is 4.98. The Kier molecular flexibility index (Phi) is 3.36. The van der Waals surface area contributed by atoms with E-state index in [4.69, 9.17) is 10.8 Å². The van der Waals surface area contributed by atoms with Crippen molar-refractivity contribution in [2.24, 2.45) is 5.73 Å². The number of halogens is 3. The summed E-state index contributed by atoms with van der Waals surface area (Å²) in [7, 11) is 0. The van der Waals surface area contributed by atoms with E-state index in [1.165, 1.54) is 6.07 Å². The Morgan fingerprint density at radius 1 is 1.27 bits per heavy atom. The molecule has 0 amide bonds. The van der Waals surface area contributed by atoms with E-state index in [0.717, 1.165) is 0 Å². The summed E-state index contributed by atoms with van der Waals surface area (Å²) in [5.74, 6) is 0. The van der Waals surface area contributed by atoms with Gasteiger partial charge in [0.25, 0.3) is 0 Å². The lowest BCUT2D eigenvalue weighted by atomic mass is 9.97. The molecular formula is C10H12F3NO. The lowest BCUT2D eigenvalue weighted by molar-refractivity contribution is -0.210. The number of hydrogen-bond acceptors (Lipinski definition) is 2. The minimum Gasteiger partial charge on any atom is -0.382 e. The molecule has 0 aromatic heterocycles.